The van der Waals surface area contributed by atoms with Gasteiger partial charge in [-0.2, -0.15) is 0 Å². The van der Waals surface area contributed by atoms with Gasteiger partial charge in [0.2, 0.25) is 0 Å². The van der Waals surface area contributed by atoms with Crippen LogP contribution in [-0.4, -0.2) is 12.1 Å². The maximum Gasteiger partial charge on any atom is 0.119 e. The molecule has 0 saturated carbocycles. The second-order valence-corrected chi connectivity index (χ2v) is 5.91. The summed E-state index contributed by atoms with van der Waals surface area (Å²) in [5, 5.41) is 4.66. The normalized spacial score (nSPS) is 12.4. The minimum Gasteiger partial charge on any atom is -0.497 e. The van der Waals surface area contributed by atoms with Crippen molar-refractivity contribution in [1.29, 1.82) is 0 Å². The van der Waals surface area contributed by atoms with Crippen molar-refractivity contribution in [3.05, 3.63) is 45.4 Å². The van der Waals surface area contributed by atoms with Crippen LogP contribution >= 0.6 is 11.3 Å². The van der Waals surface area contributed by atoms with E-state index in [1.54, 1.807) is 18.4 Å². The Morgan fingerprint density at radius 3 is 2.79 bits per heavy atom. The molecule has 3 nitrogen and oxygen atoms in total. The first-order valence-corrected chi connectivity index (χ1v) is 7.22. The Morgan fingerprint density at radius 1 is 1.37 bits per heavy atom. The minimum absolute atomic E-state index is 0.289. The van der Waals surface area contributed by atoms with E-state index < -0.39 is 0 Å². The number of ether oxygens (including phenoxy) is 1. The number of aromatic nitrogens is 1. The van der Waals surface area contributed by atoms with Crippen LogP contribution in [0.5, 0.6) is 5.75 Å². The van der Waals surface area contributed by atoms with Crippen LogP contribution in [0, 0.1) is 13.8 Å². The predicted molar refractivity (Wildman–Crippen MR) is 79.8 cm³/mol. The van der Waals surface area contributed by atoms with Gasteiger partial charge in [-0.15, -0.1) is 11.3 Å². The van der Waals surface area contributed by atoms with Gasteiger partial charge >= 0.3 is 0 Å². The van der Waals surface area contributed by atoms with Crippen LogP contribution in [0.25, 0.3) is 0 Å². The largest absolute Gasteiger partial charge is 0.497 e. The third-order valence-electron chi connectivity index (χ3n) is 3.16. The maximum atomic E-state index is 5.25. The fourth-order valence-electron chi connectivity index (χ4n) is 2.01. The van der Waals surface area contributed by atoms with Gasteiger partial charge in [0.1, 0.15) is 5.75 Å². The lowest BCUT2D eigenvalue weighted by molar-refractivity contribution is 0.413. The maximum absolute atomic E-state index is 5.25. The first-order valence-electron chi connectivity index (χ1n) is 6.40. The zero-order valence-corrected chi connectivity index (χ0v) is 12.7. The number of hydrogen-bond acceptors (Lipinski definition) is 4. The zero-order valence-electron chi connectivity index (χ0n) is 11.9. The van der Waals surface area contributed by atoms with Crippen LogP contribution in [0.1, 0.15) is 34.1 Å². The third-order valence-corrected chi connectivity index (χ3v) is 4.24. The number of benzene rings is 1. The number of hydrogen-bond donors (Lipinski definition) is 1. The molecule has 0 radical (unpaired) electrons. The molecule has 0 unspecified atom stereocenters. The van der Waals surface area contributed by atoms with Gasteiger partial charge in [0.25, 0.3) is 0 Å². The fourth-order valence-corrected chi connectivity index (χ4v) is 2.90. The van der Waals surface area contributed by atoms with Crippen molar-refractivity contribution < 1.29 is 4.74 Å². The lowest BCUT2D eigenvalue weighted by atomic mass is 10.1. The highest BCUT2D eigenvalue weighted by molar-refractivity contribution is 7.11. The molecule has 1 aromatic carbocycles. The van der Waals surface area contributed by atoms with Gasteiger partial charge in [0.05, 0.1) is 17.8 Å². The molecular weight excluding hydrogens is 256 g/mol. The summed E-state index contributed by atoms with van der Waals surface area (Å²) in [6, 6.07) is 8.46. The number of rotatable bonds is 5. The summed E-state index contributed by atoms with van der Waals surface area (Å²) >= 11 is 1.76. The molecule has 1 N–H and O–H groups in total. The smallest absolute Gasteiger partial charge is 0.119 e. The summed E-state index contributed by atoms with van der Waals surface area (Å²) in [5.74, 6) is 0.899. The molecule has 1 heterocycles. The van der Waals surface area contributed by atoms with E-state index in [9.17, 15) is 0 Å². The van der Waals surface area contributed by atoms with Crippen molar-refractivity contribution in [3.8, 4) is 5.75 Å². The van der Waals surface area contributed by atoms with Gasteiger partial charge in [0, 0.05) is 17.5 Å². The van der Waals surface area contributed by atoms with Crippen molar-refractivity contribution in [2.45, 2.75) is 33.4 Å². The number of aryl methyl sites for hydroxylation is 2. The summed E-state index contributed by atoms with van der Waals surface area (Å²) < 4.78 is 5.25. The lowest BCUT2D eigenvalue weighted by Crippen LogP contribution is -2.17. The summed E-state index contributed by atoms with van der Waals surface area (Å²) in [5.41, 5.74) is 2.37. The molecule has 102 valence electrons. The summed E-state index contributed by atoms with van der Waals surface area (Å²) in [4.78, 5) is 5.76. The Morgan fingerprint density at radius 2 is 2.16 bits per heavy atom. The Hall–Kier alpha value is -1.39. The molecule has 2 rings (SSSR count). The van der Waals surface area contributed by atoms with E-state index in [-0.39, 0.29) is 6.04 Å². The highest BCUT2D eigenvalue weighted by Gasteiger charge is 2.09. The second-order valence-electron chi connectivity index (χ2n) is 4.62. The fraction of sp³-hybridized carbons (Fsp3) is 0.400. The lowest BCUT2D eigenvalue weighted by Gasteiger charge is -2.14. The Labute approximate surface area is 118 Å². The highest BCUT2D eigenvalue weighted by atomic mass is 32.1. The molecule has 0 spiro atoms. The minimum atomic E-state index is 0.289. The van der Waals surface area contributed by atoms with Crippen LogP contribution in [0.4, 0.5) is 0 Å². The molecule has 2 aromatic rings. The molecule has 0 aliphatic carbocycles. The quantitative estimate of drug-likeness (QED) is 0.905. The van der Waals surface area contributed by atoms with E-state index in [1.165, 1.54) is 10.4 Å². The monoisotopic (exact) mass is 276 g/mol. The molecular formula is C15H20N2OS. The Balaban J connectivity index is 2.00. The van der Waals surface area contributed by atoms with E-state index in [2.05, 4.69) is 36.3 Å². The molecule has 0 saturated heterocycles. The van der Waals surface area contributed by atoms with E-state index in [0.717, 1.165) is 23.0 Å². The predicted octanol–water partition coefficient (Wildman–Crippen LogP) is 3.62. The van der Waals surface area contributed by atoms with Crippen molar-refractivity contribution in [3.63, 3.8) is 0 Å². The summed E-state index contributed by atoms with van der Waals surface area (Å²) in [7, 11) is 1.70. The van der Waals surface area contributed by atoms with Gasteiger partial charge in [0.15, 0.2) is 0 Å². The standard InChI is InChI=1S/C15H20N2OS/c1-10(13-6-5-7-14(8-13)18-4)16-9-15-11(2)17-12(3)19-15/h5-8,10,16H,9H2,1-4H3/t10-/m0/s1. The average molecular weight is 276 g/mol. The number of nitrogens with one attached hydrogen (secondary N) is 1. The molecule has 1 aromatic heterocycles. The van der Waals surface area contributed by atoms with E-state index >= 15 is 0 Å². The second kappa shape index (κ2) is 6.17. The first-order chi connectivity index (χ1) is 9.10. The Kier molecular flexibility index (Phi) is 4.56. The molecule has 0 aliphatic rings. The molecule has 4 heteroatoms. The van der Waals surface area contributed by atoms with E-state index in [1.807, 2.05) is 19.1 Å². The van der Waals surface area contributed by atoms with Crippen molar-refractivity contribution in [2.75, 3.05) is 7.11 Å². The van der Waals surface area contributed by atoms with Gasteiger partial charge < -0.3 is 10.1 Å². The molecule has 19 heavy (non-hydrogen) atoms. The van der Waals surface area contributed by atoms with E-state index in [4.69, 9.17) is 4.74 Å². The van der Waals surface area contributed by atoms with Gasteiger partial charge in [-0.25, -0.2) is 4.98 Å². The van der Waals surface area contributed by atoms with Gasteiger partial charge in [-0.3, -0.25) is 0 Å². The summed E-state index contributed by atoms with van der Waals surface area (Å²) in [6.07, 6.45) is 0. The molecule has 1 atom stereocenters. The Bertz CT molecular complexity index is 551. The average Bonchev–Trinajstić information content (AvgIpc) is 2.74. The van der Waals surface area contributed by atoms with Gasteiger partial charge in [-0.1, -0.05) is 12.1 Å². The zero-order chi connectivity index (χ0) is 13.8. The van der Waals surface area contributed by atoms with Crippen LogP contribution in [0.3, 0.4) is 0 Å². The molecule has 0 fully saturated rings. The molecule has 0 amide bonds. The van der Waals surface area contributed by atoms with E-state index in [0.29, 0.717) is 0 Å². The van der Waals surface area contributed by atoms with Crippen molar-refractivity contribution >= 4 is 11.3 Å². The third kappa shape index (κ3) is 3.55. The van der Waals surface area contributed by atoms with Crippen molar-refractivity contribution in [2.24, 2.45) is 0 Å². The first kappa shape index (κ1) is 14.0. The van der Waals surface area contributed by atoms with Crippen LogP contribution in [-0.2, 0) is 6.54 Å². The van der Waals surface area contributed by atoms with Crippen LogP contribution < -0.4 is 10.1 Å². The number of nitrogens with zero attached hydrogens (tertiary/aromatic N) is 1. The number of thiazole rings is 1. The molecule has 0 aliphatic heterocycles. The highest BCUT2D eigenvalue weighted by Crippen LogP contribution is 2.21. The summed E-state index contributed by atoms with van der Waals surface area (Å²) in [6.45, 7) is 7.14. The van der Waals surface area contributed by atoms with Crippen LogP contribution in [0.15, 0.2) is 24.3 Å². The van der Waals surface area contributed by atoms with Crippen molar-refractivity contribution in [1.82, 2.24) is 10.3 Å². The SMILES string of the molecule is COc1cccc([C@H](C)NCc2sc(C)nc2C)c1. The number of methoxy groups -OCH3 is 1. The molecule has 0 bridgehead atoms. The topological polar surface area (TPSA) is 34.1 Å². The van der Waals surface area contributed by atoms with Gasteiger partial charge in [-0.05, 0) is 38.5 Å². The van der Waals surface area contributed by atoms with Crippen LogP contribution in [0.2, 0.25) is 0 Å².